The van der Waals surface area contributed by atoms with E-state index < -0.39 is 40.0 Å². The molecule has 8 nitrogen and oxygen atoms in total. The maximum Gasteiger partial charge on any atom is 0.412 e. The number of ether oxygens (including phenoxy) is 1. The Morgan fingerprint density at radius 1 is 1.06 bits per heavy atom. The fourth-order valence-corrected chi connectivity index (χ4v) is 3.66. The Hall–Kier alpha value is -2.69. The first-order valence-corrected chi connectivity index (χ1v) is 10.9. The van der Waals surface area contributed by atoms with Crippen molar-refractivity contribution in [1.82, 2.24) is 4.31 Å². The number of carbonyl (C=O) groups is 2. The highest BCUT2D eigenvalue weighted by atomic mass is 35.5. The highest BCUT2D eigenvalue weighted by Gasteiger charge is 2.24. The molecule has 11 heteroatoms. The van der Waals surface area contributed by atoms with Crippen LogP contribution in [0.4, 0.5) is 20.6 Å². The summed E-state index contributed by atoms with van der Waals surface area (Å²) in [4.78, 5) is 24.4. The standard InChI is InChI=1S/C20H23ClFN3O5S/c1-20(2,3)30-19(27)24-16-10-7-14(22)11-17(16)23-18(26)12-25(4)31(28,29)15-8-5-13(21)6-9-15/h5-11H,12H2,1-4H3,(H,23,26)(H,24,27). The number of nitrogens with one attached hydrogen (secondary N) is 2. The van der Waals surface area contributed by atoms with E-state index in [0.717, 1.165) is 16.4 Å². The maximum absolute atomic E-state index is 13.7. The second-order valence-corrected chi connectivity index (χ2v) is 10.1. The number of likely N-dealkylation sites (N-methyl/N-ethyl adjacent to an activating group) is 1. The molecule has 0 spiro atoms. The van der Waals surface area contributed by atoms with Crippen LogP contribution in [0.2, 0.25) is 5.02 Å². The summed E-state index contributed by atoms with van der Waals surface area (Å²) in [5.74, 6) is -1.40. The Morgan fingerprint density at radius 2 is 1.68 bits per heavy atom. The molecule has 0 atom stereocenters. The summed E-state index contributed by atoms with van der Waals surface area (Å²) < 4.78 is 44.9. The lowest BCUT2D eigenvalue weighted by Gasteiger charge is -2.21. The summed E-state index contributed by atoms with van der Waals surface area (Å²) >= 11 is 5.77. The summed E-state index contributed by atoms with van der Waals surface area (Å²) in [5.41, 5.74) is -0.716. The lowest BCUT2D eigenvalue weighted by atomic mass is 10.2. The Kier molecular flexibility index (Phi) is 7.63. The van der Waals surface area contributed by atoms with Gasteiger partial charge in [-0.25, -0.2) is 17.6 Å². The number of carbonyl (C=O) groups excluding carboxylic acids is 2. The van der Waals surface area contributed by atoms with Gasteiger partial charge in [0.25, 0.3) is 0 Å². The van der Waals surface area contributed by atoms with Crippen molar-refractivity contribution in [2.45, 2.75) is 31.3 Å². The average molecular weight is 472 g/mol. The predicted octanol–water partition coefficient (Wildman–Crippen LogP) is 4.09. The number of amides is 2. The summed E-state index contributed by atoms with van der Waals surface area (Å²) in [6, 6.07) is 8.83. The number of hydrogen-bond acceptors (Lipinski definition) is 5. The molecule has 31 heavy (non-hydrogen) atoms. The second kappa shape index (κ2) is 9.63. The fourth-order valence-electron chi connectivity index (χ4n) is 2.41. The molecule has 0 aliphatic rings. The highest BCUT2D eigenvalue weighted by molar-refractivity contribution is 7.89. The van der Waals surface area contributed by atoms with Gasteiger partial charge in [0, 0.05) is 12.1 Å². The molecule has 0 heterocycles. The zero-order chi connectivity index (χ0) is 23.4. The molecule has 2 aromatic carbocycles. The van der Waals surface area contributed by atoms with Crippen LogP contribution >= 0.6 is 11.6 Å². The Balaban J connectivity index is 2.13. The van der Waals surface area contributed by atoms with Gasteiger partial charge in [-0.15, -0.1) is 0 Å². The topological polar surface area (TPSA) is 105 Å². The Morgan fingerprint density at radius 3 is 2.26 bits per heavy atom. The molecular weight excluding hydrogens is 449 g/mol. The zero-order valence-electron chi connectivity index (χ0n) is 17.4. The Bertz CT molecular complexity index is 1070. The zero-order valence-corrected chi connectivity index (χ0v) is 19.0. The van der Waals surface area contributed by atoms with Crippen molar-refractivity contribution >= 4 is 45.0 Å². The molecule has 0 aliphatic carbocycles. The molecular formula is C20H23ClFN3O5S. The molecule has 2 N–H and O–H groups in total. The number of hydrogen-bond donors (Lipinski definition) is 2. The third kappa shape index (κ3) is 7.20. The third-order valence-electron chi connectivity index (χ3n) is 3.78. The van der Waals surface area contributed by atoms with Crippen molar-refractivity contribution < 1.29 is 27.1 Å². The lowest BCUT2D eigenvalue weighted by molar-refractivity contribution is -0.116. The molecule has 2 amide bonds. The van der Waals surface area contributed by atoms with Gasteiger partial charge >= 0.3 is 6.09 Å². The van der Waals surface area contributed by atoms with Crippen LogP contribution in [0.1, 0.15) is 20.8 Å². The minimum atomic E-state index is -3.95. The van der Waals surface area contributed by atoms with E-state index in [0.29, 0.717) is 5.02 Å². The number of anilines is 2. The van der Waals surface area contributed by atoms with E-state index in [4.69, 9.17) is 16.3 Å². The SMILES string of the molecule is CN(CC(=O)Nc1cc(F)ccc1NC(=O)OC(C)(C)C)S(=O)(=O)c1ccc(Cl)cc1. The van der Waals surface area contributed by atoms with Crippen molar-refractivity contribution in [2.24, 2.45) is 0 Å². The fraction of sp³-hybridized carbons (Fsp3) is 0.300. The number of benzene rings is 2. The molecule has 0 saturated carbocycles. The van der Waals surface area contributed by atoms with Crippen LogP contribution in [-0.2, 0) is 19.6 Å². The Labute approximate surface area is 185 Å². The number of halogens is 2. The van der Waals surface area contributed by atoms with Crippen LogP contribution in [-0.4, -0.2) is 43.9 Å². The van der Waals surface area contributed by atoms with Gasteiger partial charge in [0.2, 0.25) is 15.9 Å². The molecule has 2 aromatic rings. The van der Waals surface area contributed by atoms with Crippen molar-refractivity contribution in [2.75, 3.05) is 24.2 Å². The van der Waals surface area contributed by atoms with Gasteiger partial charge < -0.3 is 10.1 Å². The number of sulfonamides is 1. The molecule has 0 fully saturated rings. The summed E-state index contributed by atoms with van der Waals surface area (Å²) in [6.45, 7) is 4.48. The third-order valence-corrected chi connectivity index (χ3v) is 5.85. The van der Waals surface area contributed by atoms with E-state index in [2.05, 4.69) is 10.6 Å². The molecule has 0 unspecified atom stereocenters. The van der Waals surface area contributed by atoms with Gasteiger partial charge in [0.1, 0.15) is 11.4 Å². The monoisotopic (exact) mass is 471 g/mol. The van der Waals surface area contributed by atoms with Crippen molar-refractivity contribution in [1.29, 1.82) is 0 Å². The summed E-state index contributed by atoms with van der Waals surface area (Å²) in [5, 5.41) is 5.20. The molecule has 0 bridgehead atoms. The van der Waals surface area contributed by atoms with Crippen LogP contribution in [0.3, 0.4) is 0 Å². The molecule has 0 saturated heterocycles. The maximum atomic E-state index is 13.7. The quantitative estimate of drug-likeness (QED) is 0.660. The molecule has 0 radical (unpaired) electrons. The van der Waals surface area contributed by atoms with Gasteiger partial charge in [-0.05, 0) is 63.2 Å². The molecule has 168 valence electrons. The first-order valence-electron chi connectivity index (χ1n) is 9.09. The summed E-state index contributed by atoms with van der Waals surface area (Å²) in [7, 11) is -2.72. The van der Waals surface area contributed by atoms with Gasteiger partial charge in [0.05, 0.1) is 22.8 Å². The van der Waals surface area contributed by atoms with Crippen LogP contribution in [0.5, 0.6) is 0 Å². The van der Waals surface area contributed by atoms with Crippen molar-refractivity contribution in [3.05, 3.63) is 53.3 Å². The number of nitrogens with zero attached hydrogens (tertiary/aromatic N) is 1. The van der Waals surface area contributed by atoms with E-state index >= 15 is 0 Å². The normalized spacial score (nSPS) is 11.8. The largest absolute Gasteiger partial charge is 0.444 e. The van der Waals surface area contributed by atoms with E-state index in [-0.39, 0.29) is 16.3 Å². The van der Waals surface area contributed by atoms with E-state index in [1.165, 1.54) is 37.4 Å². The van der Waals surface area contributed by atoms with Gasteiger partial charge in [0.15, 0.2) is 0 Å². The van der Waals surface area contributed by atoms with E-state index in [1.807, 2.05) is 0 Å². The lowest BCUT2D eigenvalue weighted by Crippen LogP contribution is -2.35. The second-order valence-electron chi connectivity index (χ2n) is 7.58. The van der Waals surface area contributed by atoms with Crippen LogP contribution in [0.15, 0.2) is 47.4 Å². The average Bonchev–Trinajstić information content (AvgIpc) is 2.62. The molecule has 0 aromatic heterocycles. The van der Waals surface area contributed by atoms with Crippen LogP contribution in [0.25, 0.3) is 0 Å². The van der Waals surface area contributed by atoms with E-state index in [9.17, 15) is 22.4 Å². The van der Waals surface area contributed by atoms with Gasteiger partial charge in [-0.2, -0.15) is 4.31 Å². The summed E-state index contributed by atoms with van der Waals surface area (Å²) in [6.07, 6.45) is -0.794. The smallest absolute Gasteiger partial charge is 0.412 e. The van der Waals surface area contributed by atoms with Crippen LogP contribution in [0, 0.1) is 5.82 Å². The number of rotatable bonds is 6. The van der Waals surface area contributed by atoms with Crippen LogP contribution < -0.4 is 10.6 Å². The van der Waals surface area contributed by atoms with E-state index in [1.54, 1.807) is 20.8 Å². The predicted molar refractivity (Wildman–Crippen MR) is 116 cm³/mol. The minimum Gasteiger partial charge on any atom is -0.444 e. The van der Waals surface area contributed by atoms with Crippen molar-refractivity contribution in [3.63, 3.8) is 0 Å². The van der Waals surface area contributed by atoms with Gasteiger partial charge in [-0.1, -0.05) is 11.6 Å². The van der Waals surface area contributed by atoms with Crippen molar-refractivity contribution in [3.8, 4) is 0 Å². The first kappa shape index (κ1) is 24.6. The minimum absolute atomic E-state index is 0.0368. The highest BCUT2D eigenvalue weighted by Crippen LogP contribution is 2.24. The molecule has 0 aliphatic heterocycles. The first-order chi connectivity index (χ1) is 14.3. The molecule has 2 rings (SSSR count). The van der Waals surface area contributed by atoms with Gasteiger partial charge in [-0.3, -0.25) is 10.1 Å².